The summed E-state index contributed by atoms with van der Waals surface area (Å²) in [5, 5.41) is 13.7. The number of amides is 1. The van der Waals surface area contributed by atoms with Gasteiger partial charge >= 0.3 is 5.97 Å². The topological polar surface area (TPSA) is 98.5 Å². The Hall–Kier alpha value is -2.93. The van der Waals surface area contributed by atoms with E-state index in [2.05, 4.69) is 5.32 Å². The number of fused-ring (bicyclic) bond motifs is 1. The average Bonchev–Trinajstić information content (AvgIpc) is 2.66. The minimum Gasteiger partial charge on any atom is -0.452 e. The Bertz CT molecular complexity index is 899. The molecular formula is C19H17ClN2O5. The van der Waals surface area contributed by atoms with Gasteiger partial charge in [0.2, 0.25) is 0 Å². The number of nitro benzene ring substituents is 1. The molecule has 0 aromatic heterocycles. The van der Waals surface area contributed by atoms with Crippen molar-refractivity contribution in [2.45, 2.75) is 25.3 Å². The van der Waals surface area contributed by atoms with Crippen molar-refractivity contribution < 1.29 is 19.2 Å². The summed E-state index contributed by atoms with van der Waals surface area (Å²) in [6, 6.07) is 11.2. The molecule has 2 aromatic carbocycles. The van der Waals surface area contributed by atoms with Crippen LogP contribution in [0.4, 0.5) is 5.69 Å². The fourth-order valence-corrected chi connectivity index (χ4v) is 3.33. The monoisotopic (exact) mass is 388 g/mol. The van der Waals surface area contributed by atoms with Gasteiger partial charge in [-0.05, 0) is 36.5 Å². The second-order valence-corrected chi connectivity index (χ2v) is 6.62. The van der Waals surface area contributed by atoms with E-state index >= 15 is 0 Å². The highest BCUT2D eigenvalue weighted by Crippen LogP contribution is 2.29. The molecule has 0 saturated heterocycles. The fraction of sp³-hybridized carbons (Fsp3) is 0.263. The third-order valence-electron chi connectivity index (χ3n) is 4.42. The lowest BCUT2D eigenvalue weighted by Crippen LogP contribution is -2.34. The van der Waals surface area contributed by atoms with Gasteiger partial charge in [-0.1, -0.05) is 35.9 Å². The first-order valence-electron chi connectivity index (χ1n) is 8.44. The largest absolute Gasteiger partial charge is 0.452 e. The van der Waals surface area contributed by atoms with Crippen molar-refractivity contribution >= 4 is 29.2 Å². The number of nitrogens with zero attached hydrogens (tertiary/aromatic N) is 1. The molecule has 0 spiro atoms. The third kappa shape index (κ3) is 4.43. The molecule has 1 aliphatic rings. The minimum atomic E-state index is -0.886. The van der Waals surface area contributed by atoms with Gasteiger partial charge in [0, 0.05) is 12.1 Å². The summed E-state index contributed by atoms with van der Waals surface area (Å²) in [5.41, 5.74) is 1.84. The zero-order valence-electron chi connectivity index (χ0n) is 14.3. The van der Waals surface area contributed by atoms with Crippen LogP contribution < -0.4 is 5.32 Å². The van der Waals surface area contributed by atoms with Gasteiger partial charge in [-0.15, -0.1) is 0 Å². The van der Waals surface area contributed by atoms with Crippen LogP contribution in [0.25, 0.3) is 0 Å². The summed E-state index contributed by atoms with van der Waals surface area (Å²) in [4.78, 5) is 34.5. The van der Waals surface area contributed by atoms with Crippen LogP contribution in [0.1, 0.15) is 40.4 Å². The molecular weight excluding hydrogens is 372 g/mol. The van der Waals surface area contributed by atoms with Crippen molar-refractivity contribution in [2.24, 2.45) is 0 Å². The third-order valence-corrected chi connectivity index (χ3v) is 4.75. The first-order valence-corrected chi connectivity index (χ1v) is 8.81. The Morgan fingerprint density at radius 2 is 2.04 bits per heavy atom. The zero-order chi connectivity index (χ0) is 19.4. The molecule has 3 rings (SSSR count). The Kier molecular flexibility index (Phi) is 5.71. The fourth-order valence-electron chi connectivity index (χ4n) is 3.13. The van der Waals surface area contributed by atoms with Crippen LogP contribution in [0.3, 0.4) is 0 Å². The molecule has 7 nitrogen and oxygen atoms in total. The second kappa shape index (κ2) is 8.18. The molecule has 1 amide bonds. The second-order valence-electron chi connectivity index (χ2n) is 6.21. The van der Waals surface area contributed by atoms with Crippen molar-refractivity contribution in [3.63, 3.8) is 0 Å². The van der Waals surface area contributed by atoms with E-state index < -0.39 is 23.4 Å². The van der Waals surface area contributed by atoms with Crippen LogP contribution in [0.15, 0.2) is 42.5 Å². The predicted octanol–water partition coefficient (Wildman–Crippen LogP) is 3.60. The van der Waals surface area contributed by atoms with Crippen LogP contribution in [-0.2, 0) is 16.0 Å². The molecule has 0 saturated carbocycles. The van der Waals surface area contributed by atoms with E-state index in [0.29, 0.717) is 0 Å². The summed E-state index contributed by atoms with van der Waals surface area (Å²) in [6.07, 6.45) is 2.75. The van der Waals surface area contributed by atoms with E-state index in [-0.39, 0.29) is 22.3 Å². The van der Waals surface area contributed by atoms with E-state index in [1.807, 2.05) is 24.3 Å². The number of nitrogens with one attached hydrogen (secondary N) is 1. The number of nitro groups is 1. The zero-order valence-corrected chi connectivity index (χ0v) is 15.1. The molecule has 0 heterocycles. The van der Waals surface area contributed by atoms with Crippen LogP contribution in [0, 0.1) is 10.1 Å². The van der Waals surface area contributed by atoms with Gasteiger partial charge in [-0.2, -0.15) is 0 Å². The van der Waals surface area contributed by atoms with Gasteiger partial charge in [0.1, 0.15) is 0 Å². The van der Waals surface area contributed by atoms with Crippen LogP contribution in [0.5, 0.6) is 0 Å². The molecule has 140 valence electrons. The molecule has 1 unspecified atom stereocenters. The maximum absolute atomic E-state index is 12.2. The van der Waals surface area contributed by atoms with E-state index in [4.69, 9.17) is 16.3 Å². The van der Waals surface area contributed by atoms with E-state index in [1.165, 1.54) is 17.7 Å². The number of carbonyl (C=O) groups is 2. The highest BCUT2D eigenvalue weighted by molar-refractivity contribution is 6.33. The summed E-state index contributed by atoms with van der Waals surface area (Å²) in [5.74, 6) is -1.32. The number of carbonyl (C=O) groups excluding carboxylic acids is 2. The lowest BCUT2D eigenvalue weighted by atomic mass is 9.88. The molecule has 1 N–H and O–H groups in total. The number of esters is 1. The molecule has 8 heteroatoms. The standard InChI is InChI=1S/C19H17ClN2O5/c20-16-9-8-13(22(25)26)10-15(16)19(24)27-11-18(23)21-17-7-3-5-12-4-1-2-6-14(12)17/h1-2,4,6,8-10,17H,3,5,7,11H2,(H,21,23). The number of benzene rings is 2. The average molecular weight is 389 g/mol. The first-order chi connectivity index (χ1) is 13.0. The maximum atomic E-state index is 12.2. The Morgan fingerprint density at radius 1 is 1.26 bits per heavy atom. The van der Waals surface area contributed by atoms with Crippen molar-refractivity contribution in [3.8, 4) is 0 Å². The minimum absolute atomic E-state index is 0.0206. The number of non-ortho nitro benzene ring substituents is 1. The van der Waals surface area contributed by atoms with Crippen molar-refractivity contribution in [3.05, 3.63) is 74.3 Å². The van der Waals surface area contributed by atoms with Gasteiger partial charge in [0.05, 0.1) is 21.6 Å². The van der Waals surface area contributed by atoms with Crippen LogP contribution in [0.2, 0.25) is 5.02 Å². The molecule has 0 aliphatic heterocycles. The number of hydrogen-bond acceptors (Lipinski definition) is 5. The first kappa shape index (κ1) is 18.8. The lowest BCUT2D eigenvalue weighted by Gasteiger charge is -2.26. The predicted molar refractivity (Wildman–Crippen MR) is 98.7 cm³/mol. The normalized spacial score (nSPS) is 15.5. The quantitative estimate of drug-likeness (QED) is 0.479. The SMILES string of the molecule is O=C(COC(=O)c1cc([N+](=O)[O-])ccc1Cl)NC1CCCc2ccccc21. The van der Waals surface area contributed by atoms with Gasteiger partial charge in [0.15, 0.2) is 6.61 Å². The van der Waals surface area contributed by atoms with Gasteiger partial charge in [0.25, 0.3) is 11.6 Å². The number of hydrogen-bond donors (Lipinski definition) is 1. The van der Waals surface area contributed by atoms with E-state index in [1.54, 1.807) is 0 Å². The maximum Gasteiger partial charge on any atom is 0.340 e. The molecule has 1 aliphatic carbocycles. The molecule has 0 fully saturated rings. The van der Waals surface area contributed by atoms with E-state index in [0.717, 1.165) is 30.9 Å². The number of halogens is 1. The summed E-state index contributed by atoms with van der Waals surface area (Å²) < 4.78 is 4.98. The van der Waals surface area contributed by atoms with Crippen LogP contribution in [-0.4, -0.2) is 23.4 Å². The van der Waals surface area contributed by atoms with E-state index in [9.17, 15) is 19.7 Å². The van der Waals surface area contributed by atoms with Crippen molar-refractivity contribution in [1.29, 1.82) is 0 Å². The Labute approximate surface area is 160 Å². The molecule has 27 heavy (non-hydrogen) atoms. The van der Waals surface area contributed by atoms with Crippen LogP contribution >= 0.6 is 11.6 Å². The smallest absolute Gasteiger partial charge is 0.340 e. The number of ether oxygens (including phenoxy) is 1. The highest BCUT2D eigenvalue weighted by Gasteiger charge is 2.23. The number of aryl methyl sites for hydroxylation is 1. The van der Waals surface area contributed by atoms with Gasteiger partial charge in [-0.25, -0.2) is 4.79 Å². The number of rotatable bonds is 5. The molecule has 0 radical (unpaired) electrons. The molecule has 2 aromatic rings. The molecule has 1 atom stereocenters. The lowest BCUT2D eigenvalue weighted by molar-refractivity contribution is -0.384. The Balaban J connectivity index is 1.61. The van der Waals surface area contributed by atoms with Crippen molar-refractivity contribution in [2.75, 3.05) is 6.61 Å². The highest BCUT2D eigenvalue weighted by atomic mass is 35.5. The summed E-state index contributed by atoms with van der Waals surface area (Å²) in [6.45, 7) is -0.490. The van der Waals surface area contributed by atoms with Crippen molar-refractivity contribution in [1.82, 2.24) is 5.32 Å². The molecule has 0 bridgehead atoms. The van der Waals surface area contributed by atoms with Gasteiger partial charge in [-0.3, -0.25) is 14.9 Å². The van der Waals surface area contributed by atoms with Gasteiger partial charge < -0.3 is 10.1 Å². The summed E-state index contributed by atoms with van der Waals surface area (Å²) in [7, 11) is 0. The summed E-state index contributed by atoms with van der Waals surface area (Å²) >= 11 is 5.90. The Morgan fingerprint density at radius 3 is 2.81 bits per heavy atom.